The van der Waals surface area contributed by atoms with Gasteiger partial charge in [-0.3, -0.25) is 20.0 Å². The zero-order valence-electron chi connectivity index (χ0n) is 28.6. The van der Waals surface area contributed by atoms with Gasteiger partial charge in [-0.05, 0) is 71.8 Å². The van der Waals surface area contributed by atoms with Gasteiger partial charge in [0.25, 0.3) is 0 Å². The third-order valence-electron chi connectivity index (χ3n) is 8.97. The molecule has 0 amide bonds. The Morgan fingerprint density at radius 3 is 1.26 bits per heavy atom. The van der Waals surface area contributed by atoms with Crippen LogP contribution in [-0.4, -0.2) is 53.0 Å². The molecule has 2 aromatic heterocycles. The van der Waals surface area contributed by atoms with Crippen molar-refractivity contribution in [2.75, 3.05) is 0 Å². The van der Waals surface area contributed by atoms with Gasteiger partial charge in [-0.15, -0.1) is 0 Å². The molecule has 10 heteroatoms. The number of phenolic OH excluding ortho intramolecular Hbond substituents is 6. The maximum Gasteiger partial charge on any atom is 0.167 e. The number of aromatic nitrogens is 2. The zero-order chi connectivity index (χ0) is 36.0. The van der Waals surface area contributed by atoms with Crippen LogP contribution < -0.4 is 0 Å². The highest BCUT2D eigenvalue weighted by molar-refractivity contribution is 6.15. The predicted molar refractivity (Wildman–Crippen MR) is 198 cm³/mol. The maximum atomic E-state index is 12.3. The number of aryl methyl sites for hydroxylation is 2. The fourth-order valence-corrected chi connectivity index (χ4v) is 6.76. The number of phenols is 6. The number of benzene rings is 4. The average Bonchev–Trinajstić information content (AvgIpc) is 3.07. The Balaban J connectivity index is 1.73. The SMILES string of the molecule is Cc1cc2c(C(C)C)c(O)c(O)c(C=Nc3cccnc3)c2c(O)c1-c1c(C)cc2c(C(C)C)c(O)c(O)c(C=Nc3cccnc3)c2c1O. The number of rotatable bonds is 7. The van der Waals surface area contributed by atoms with Gasteiger partial charge < -0.3 is 30.6 Å². The summed E-state index contributed by atoms with van der Waals surface area (Å²) in [7, 11) is 0. The number of hydrogen-bond acceptors (Lipinski definition) is 10. The Morgan fingerprint density at radius 1 is 0.560 bits per heavy atom. The molecule has 6 N–H and O–H groups in total. The Hall–Kier alpha value is -6.16. The van der Waals surface area contributed by atoms with E-state index in [1.165, 1.54) is 24.8 Å². The molecule has 50 heavy (non-hydrogen) atoms. The summed E-state index contributed by atoms with van der Waals surface area (Å²) in [6, 6.07) is 10.5. The first-order chi connectivity index (χ1) is 23.8. The minimum Gasteiger partial charge on any atom is -0.507 e. The highest BCUT2D eigenvalue weighted by Crippen LogP contribution is 2.54. The highest BCUT2D eigenvalue weighted by atomic mass is 16.3. The Bertz CT molecular complexity index is 2180. The van der Waals surface area contributed by atoms with E-state index in [1.54, 1.807) is 50.5 Å². The monoisotopic (exact) mass is 670 g/mol. The van der Waals surface area contributed by atoms with E-state index in [0.29, 0.717) is 44.4 Å². The molecule has 0 aliphatic heterocycles. The molecule has 0 atom stereocenters. The lowest BCUT2D eigenvalue weighted by atomic mass is 9.83. The molecule has 0 unspecified atom stereocenters. The van der Waals surface area contributed by atoms with E-state index in [9.17, 15) is 30.6 Å². The lowest BCUT2D eigenvalue weighted by Gasteiger charge is -2.23. The van der Waals surface area contributed by atoms with Gasteiger partial charge in [-0.25, -0.2) is 0 Å². The number of aliphatic imine (C=N–C) groups is 2. The van der Waals surface area contributed by atoms with E-state index in [-0.39, 0.29) is 67.9 Å². The molecule has 0 aliphatic carbocycles. The molecule has 0 saturated carbocycles. The fraction of sp³-hybridized carbons (Fsp3) is 0.200. The summed E-state index contributed by atoms with van der Waals surface area (Å²) in [5.74, 6) is -2.50. The lowest BCUT2D eigenvalue weighted by Crippen LogP contribution is -2.01. The number of aromatic hydroxyl groups is 6. The van der Waals surface area contributed by atoms with Crippen molar-refractivity contribution in [3.63, 3.8) is 0 Å². The minimum atomic E-state index is -0.450. The van der Waals surface area contributed by atoms with Crippen molar-refractivity contribution in [3.8, 4) is 45.6 Å². The van der Waals surface area contributed by atoms with Gasteiger partial charge in [-0.1, -0.05) is 39.8 Å². The van der Waals surface area contributed by atoms with Crippen molar-refractivity contribution < 1.29 is 30.6 Å². The van der Waals surface area contributed by atoms with Crippen LogP contribution in [0.5, 0.6) is 34.5 Å². The van der Waals surface area contributed by atoms with Crippen molar-refractivity contribution in [1.29, 1.82) is 0 Å². The summed E-state index contributed by atoms with van der Waals surface area (Å²) in [5.41, 5.74) is 3.73. The normalized spacial score (nSPS) is 12.1. The van der Waals surface area contributed by atoms with Crippen LogP contribution in [-0.2, 0) is 0 Å². The standard InChI is InChI=1S/C40H38N4O6/c1-19(2)29-25-13-21(5)31(37(47)33(25)27(35(45)39(29)49)17-43-23-9-7-11-41-15-23)32-22(6)14-26-30(20(3)4)40(50)36(46)28(34(26)38(32)48)18-44-24-10-8-12-42-16-24/h7-20,45-50H,1-6H3. The Kier molecular flexibility index (Phi) is 8.80. The molecule has 0 bridgehead atoms. The molecular formula is C40H38N4O6. The van der Waals surface area contributed by atoms with Gasteiger partial charge in [0.1, 0.15) is 11.5 Å². The van der Waals surface area contributed by atoms with Gasteiger partial charge in [0.15, 0.2) is 23.0 Å². The third kappa shape index (κ3) is 5.58. The third-order valence-corrected chi connectivity index (χ3v) is 8.97. The number of nitrogens with zero attached hydrogens (tertiary/aromatic N) is 4. The summed E-state index contributed by atoms with van der Waals surface area (Å²) < 4.78 is 0. The van der Waals surface area contributed by atoms with Crippen LogP contribution in [0.2, 0.25) is 0 Å². The summed E-state index contributed by atoms with van der Waals surface area (Å²) in [6.07, 6.45) is 9.03. The molecule has 0 spiro atoms. The van der Waals surface area contributed by atoms with E-state index < -0.39 is 11.5 Å². The molecule has 6 aromatic rings. The van der Waals surface area contributed by atoms with Crippen LogP contribution in [0.15, 0.2) is 71.2 Å². The topological polar surface area (TPSA) is 172 Å². The summed E-state index contributed by atoms with van der Waals surface area (Å²) >= 11 is 0. The zero-order valence-corrected chi connectivity index (χ0v) is 28.6. The van der Waals surface area contributed by atoms with E-state index in [0.717, 1.165) is 0 Å². The number of fused-ring (bicyclic) bond motifs is 2. The Morgan fingerprint density at radius 2 is 0.940 bits per heavy atom. The largest absolute Gasteiger partial charge is 0.507 e. The van der Waals surface area contributed by atoms with Gasteiger partial charge in [0, 0.05) is 57.8 Å². The van der Waals surface area contributed by atoms with Crippen molar-refractivity contribution in [2.24, 2.45) is 9.98 Å². The summed E-state index contributed by atoms with van der Waals surface area (Å²) in [5, 5.41) is 71.1. The van der Waals surface area contributed by atoms with Crippen molar-refractivity contribution in [2.45, 2.75) is 53.4 Å². The maximum absolute atomic E-state index is 12.3. The molecule has 0 radical (unpaired) electrons. The summed E-state index contributed by atoms with van der Waals surface area (Å²) in [4.78, 5) is 17.1. The molecule has 0 aliphatic rings. The first-order valence-electron chi connectivity index (χ1n) is 16.2. The first kappa shape index (κ1) is 33.7. The molecule has 0 fully saturated rings. The fourth-order valence-electron chi connectivity index (χ4n) is 6.76. The smallest absolute Gasteiger partial charge is 0.167 e. The second kappa shape index (κ2) is 13.0. The highest BCUT2D eigenvalue weighted by Gasteiger charge is 2.29. The van der Waals surface area contributed by atoms with E-state index in [4.69, 9.17) is 0 Å². The number of pyridine rings is 2. The second-order valence-electron chi connectivity index (χ2n) is 13.0. The predicted octanol–water partition coefficient (Wildman–Crippen LogP) is 9.05. The van der Waals surface area contributed by atoms with Crippen LogP contribution in [0.25, 0.3) is 32.7 Å². The van der Waals surface area contributed by atoms with Crippen molar-refractivity contribution in [1.82, 2.24) is 9.97 Å². The lowest BCUT2D eigenvalue weighted by molar-refractivity contribution is 0.398. The number of hydrogen-bond donors (Lipinski definition) is 6. The van der Waals surface area contributed by atoms with Crippen molar-refractivity contribution in [3.05, 3.63) is 94.6 Å². The van der Waals surface area contributed by atoms with E-state index >= 15 is 0 Å². The quantitative estimate of drug-likeness (QED) is 0.0721. The molecular weight excluding hydrogens is 632 g/mol. The van der Waals surface area contributed by atoms with Gasteiger partial charge in [0.2, 0.25) is 0 Å². The van der Waals surface area contributed by atoms with Crippen molar-refractivity contribution >= 4 is 45.3 Å². The van der Waals surface area contributed by atoms with Crippen LogP contribution in [0.4, 0.5) is 11.4 Å². The van der Waals surface area contributed by atoms with Crippen LogP contribution in [0, 0.1) is 13.8 Å². The first-order valence-corrected chi connectivity index (χ1v) is 16.2. The molecule has 0 saturated heterocycles. The molecule has 254 valence electrons. The van der Waals surface area contributed by atoms with E-state index in [1.807, 2.05) is 39.8 Å². The van der Waals surface area contributed by atoms with Crippen LogP contribution in [0.1, 0.15) is 72.9 Å². The van der Waals surface area contributed by atoms with Crippen LogP contribution in [0.3, 0.4) is 0 Å². The van der Waals surface area contributed by atoms with Gasteiger partial charge >= 0.3 is 0 Å². The van der Waals surface area contributed by atoms with Gasteiger partial charge in [0.05, 0.1) is 34.9 Å². The van der Waals surface area contributed by atoms with Crippen LogP contribution >= 0.6 is 0 Å². The Labute approximate surface area is 289 Å². The molecule has 2 heterocycles. The van der Waals surface area contributed by atoms with Gasteiger partial charge in [-0.2, -0.15) is 0 Å². The molecule has 6 rings (SSSR count). The summed E-state index contributed by atoms with van der Waals surface area (Å²) in [6.45, 7) is 11.1. The molecule has 10 nitrogen and oxygen atoms in total. The van der Waals surface area contributed by atoms with E-state index in [2.05, 4.69) is 20.0 Å². The average molecular weight is 671 g/mol. The molecule has 4 aromatic carbocycles. The second-order valence-corrected chi connectivity index (χ2v) is 13.0. The minimum absolute atomic E-state index is 0.0800.